The second kappa shape index (κ2) is 6.71. The number of nitrogens with one attached hydrogen (secondary N) is 1. The molecule has 2 aromatic carbocycles. The minimum absolute atomic E-state index is 0.0141. The number of hydrogen-bond acceptors (Lipinski definition) is 4. The van der Waals surface area contributed by atoms with Crippen molar-refractivity contribution in [2.24, 2.45) is 0 Å². The Labute approximate surface area is 168 Å². The van der Waals surface area contributed by atoms with Crippen molar-refractivity contribution in [3.8, 4) is 17.6 Å². The van der Waals surface area contributed by atoms with Crippen molar-refractivity contribution < 1.29 is 17.9 Å². The van der Waals surface area contributed by atoms with E-state index in [1.54, 1.807) is 28.9 Å². The lowest BCUT2D eigenvalue weighted by atomic mass is 10.0. The number of aromatic amines is 1. The molecule has 1 unspecified atom stereocenters. The molecule has 1 aliphatic heterocycles. The number of alkyl halides is 3. The summed E-state index contributed by atoms with van der Waals surface area (Å²) in [5.41, 5.74) is 1.22. The highest BCUT2D eigenvalue weighted by Gasteiger charge is 2.38. The summed E-state index contributed by atoms with van der Waals surface area (Å²) in [7, 11) is 0. The van der Waals surface area contributed by atoms with E-state index in [4.69, 9.17) is 10.00 Å². The fourth-order valence-corrected chi connectivity index (χ4v) is 3.69. The molecule has 4 aromatic rings. The molecule has 3 heterocycles. The lowest BCUT2D eigenvalue weighted by molar-refractivity contribution is -0.139. The fourth-order valence-electron chi connectivity index (χ4n) is 3.69. The number of rotatable bonds is 2. The number of ether oxygens (including phenoxy) is 1. The van der Waals surface area contributed by atoms with Crippen molar-refractivity contribution in [1.82, 2.24) is 19.7 Å². The van der Waals surface area contributed by atoms with Gasteiger partial charge in [0.2, 0.25) is 0 Å². The number of nitrogens with zero attached hydrogens (tertiary/aromatic N) is 4. The van der Waals surface area contributed by atoms with Crippen LogP contribution in [0, 0.1) is 11.3 Å². The van der Waals surface area contributed by atoms with Gasteiger partial charge in [-0.15, -0.1) is 5.10 Å². The van der Waals surface area contributed by atoms with Crippen molar-refractivity contribution in [1.29, 1.82) is 5.26 Å². The number of H-pyrrole nitrogens is 1. The number of aromatic nitrogens is 4. The van der Waals surface area contributed by atoms with Crippen LogP contribution in [0.15, 0.2) is 48.5 Å². The summed E-state index contributed by atoms with van der Waals surface area (Å²) in [6, 6.07) is 14.5. The predicted octanol–water partition coefficient (Wildman–Crippen LogP) is 4.44. The Morgan fingerprint density at radius 1 is 1.17 bits per heavy atom. The Hall–Kier alpha value is -3.64. The largest absolute Gasteiger partial charge is 0.416 e. The molecule has 9 heteroatoms. The third kappa shape index (κ3) is 3.02. The van der Waals surface area contributed by atoms with Crippen LogP contribution < -0.4 is 0 Å². The minimum atomic E-state index is -4.50. The maximum absolute atomic E-state index is 13.5. The first-order valence-electron chi connectivity index (χ1n) is 9.20. The highest BCUT2D eigenvalue weighted by molar-refractivity contribution is 5.85. The van der Waals surface area contributed by atoms with Crippen LogP contribution in [0.2, 0.25) is 0 Å². The summed E-state index contributed by atoms with van der Waals surface area (Å²) in [5, 5.41) is 14.4. The molecule has 0 fully saturated rings. The maximum Gasteiger partial charge on any atom is 0.416 e. The molecule has 5 rings (SSSR count). The second-order valence-electron chi connectivity index (χ2n) is 6.95. The average Bonchev–Trinajstić information content (AvgIpc) is 3.36. The zero-order valence-electron chi connectivity index (χ0n) is 15.4. The Morgan fingerprint density at radius 2 is 2.00 bits per heavy atom. The van der Waals surface area contributed by atoms with E-state index in [1.807, 2.05) is 6.07 Å². The van der Waals surface area contributed by atoms with Crippen LogP contribution in [0.5, 0.6) is 0 Å². The third-order valence-electron chi connectivity index (χ3n) is 5.06. The quantitative estimate of drug-likeness (QED) is 0.531. The van der Waals surface area contributed by atoms with E-state index < -0.39 is 17.8 Å². The summed E-state index contributed by atoms with van der Waals surface area (Å²) in [6.07, 6.45) is -5.46. The molecule has 1 N–H and O–H groups in total. The van der Waals surface area contributed by atoms with Gasteiger partial charge in [-0.3, -0.25) is 0 Å². The molecule has 0 radical (unpaired) electrons. The molecule has 0 saturated carbocycles. The van der Waals surface area contributed by atoms with Crippen molar-refractivity contribution in [3.63, 3.8) is 0 Å². The highest BCUT2D eigenvalue weighted by atomic mass is 19.4. The van der Waals surface area contributed by atoms with Crippen LogP contribution >= 0.6 is 0 Å². The second-order valence-corrected chi connectivity index (χ2v) is 6.95. The molecule has 1 atom stereocenters. The molecule has 0 saturated heterocycles. The van der Waals surface area contributed by atoms with Gasteiger partial charge < -0.3 is 9.72 Å². The molecular formula is C21H14F3N5O. The normalized spacial score (nSPS) is 16.4. The Bertz CT molecular complexity index is 1300. The lowest BCUT2D eigenvalue weighted by Crippen LogP contribution is -2.25. The molecule has 150 valence electrons. The minimum Gasteiger partial charge on any atom is -0.364 e. The topological polar surface area (TPSA) is 79.5 Å². The molecule has 0 aliphatic carbocycles. The van der Waals surface area contributed by atoms with Gasteiger partial charge in [-0.25, -0.2) is 9.67 Å². The van der Waals surface area contributed by atoms with Crippen molar-refractivity contribution in [2.45, 2.75) is 18.8 Å². The molecule has 0 spiro atoms. The third-order valence-corrected chi connectivity index (χ3v) is 5.06. The number of nitriles is 1. The van der Waals surface area contributed by atoms with E-state index in [0.717, 1.165) is 17.0 Å². The van der Waals surface area contributed by atoms with Gasteiger partial charge in [0, 0.05) is 16.5 Å². The van der Waals surface area contributed by atoms with E-state index >= 15 is 0 Å². The SMILES string of the molecule is N#Cc1ccc2[nH]c(-c3nc4n(n3)CCOC4c3ccccc3C(F)(F)F)cc2c1. The molecule has 30 heavy (non-hydrogen) atoms. The van der Waals surface area contributed by atoms with Crippen molar-refractivity contribution in [3.05, 3.63) is 71.0 Å². The first-order valence-corrected chi connectivity index (χ1v) is 9.20. The highest BCUT2D eigenvalue weighted by Crippen LogP contribution is 2.39. The number of halogens is 3. The fraction of sp³-hybridized carbons (Fsp3) is 0.190. The molecule has 0 amide bonds. The van der Waals surface area contributed by atoms with Crippen LogP contribution in [0.1, 0.15) is 28.6 Å². The van der Waals surface area contributed by atoms with E-state index in [1.165, 1.54) is 12.1 Å². The van der Waals surface area contributed by atoms with Crippen LogP contribution in [0.3, 0.4) is 0 Å². The van der Waals surface area contributed by atoms with Gasteiger partial charge in [-0.2, -0.15) is 18.4 Å². The molecule has 0 bridgehead atoms. The summed E-state index contributed by atoms with van der Waals surface area (Å²) >= 11 is 0. The van der Waals surface area contributed by atoms with E-state index in [-0.39, 0.29) is 12.2 Å². The molecular weight excluding hydrogens is 395 g/mol. The van der Waals surface area contributed by atoms with Gasteiger partial charge >= 0.3 is 6.18 Å². The van der Waals surface area contributed by atoms with Crippen LogP contribution in [-0.4, -0.2) is 26.4 Å². The van der Waals surface area contributed by atoms with Crippen molar-refractivity contribution in [2.75, 3.05) is 6.61 Å². The zero-order valence-corrected chi connectivity index (χ0v) is 15.4. The van der Waals surface area contributed by atoms with Gasteiger partial charge in [0.25, 0.3) is 0 Å². The smallest absolute Gasteiger partial charge is 0.364 e. The molecule has 6 nitrogen and oxygen atoms in total. The maximum atomic E-state index is 13.5. The Balaban J connectivity index is 1.59. The van der Waals surface area contributed by atoms with Gasteiger partial charge in [0.1, 0.15) is 6.10 Å². The number of benzene rings is 2. The van der Waals surface area contributed by atoms with Gasteiger partial charge in [0.05, 0.1) is 36.0 Å². The van der Waals surface area contributed by atoms with Gasteiger partial charge in [-0.05, 0) is 30.3 Å². The zero-order chi connectivity index (χ0) is 20.9. The first kappa shape index (κ1) is 18.4. The summed E-state index contributed by atoms with van der Waals surface area (Å²) in [4.78, 5) is 7.70. The Morgan fingerprint density at radius 3 is 2.80 bits per heavy atom. The summed E-state index contributed by atoms with van der Waals surface area (Å²) in [5.74, 6) is 0.684. The van der Waals surface area contributed by atoms with Gasteiger partial charge in [0.15, 0.2) is 11.6 Å². The number of hydrogen-bond donors (Lipinski definition) is 1. The molecule has 1 aliphatic rings. The average molecular weight is 409 g/mol. The summed E-state index contributed by atoms with van der Waals surface area (Å²) in [6.45, 7) is 0.622. The number of fused-ring (bicyclic) bond motifs is 2. The Kier molecular flexibility index (Phi) is 4.11. The van der Waals surface area contributed by atoms with Gasteiger partial charge in [-0.1, -0.05) is 18.2 Å². The summed E-state index contributed by atoms with van der Waals surface area (Å²) < 4.78 is 47.8. The van der Waals surface area contributed by atoms with Crippen LogP contribution in [0.25, 0.3) is 22.4 Å². The van der Waals surface area contributed by atoms with Crippen LogP contribution in [-0.2, 0) is 17.5 Å². The predicted molar refractivity (Wildman–Crippen MR) is 101 cm³/mol. The lowest BCUT2D eigenvalue weighted by Gasteiger charge is -2.25. The van der Waals surface area contributed by atoms with E-state index in [2.05, 4.69) is 21.1 Å². The first-order chi connectivity index (χ1) is 14.4. The monoisotopic (exact) mass is 409 g/mol. The molecule has 2 aromatic heterocycles. The van der Waals surface area contributed by atoms with Crippen LogP contribution in [0.4, 0.5) is 13.2 Å². The standard InChI is InChI=1S/C21H14F3N5O/c22-21(23,24)15-4-2-1-3-14(15)18-20-27-19(28-29(20)7-8-30-18)17-10-13-9-12(11-25)5-6-16(13)26-17/h1-6,9-10,18,26H,7-8H2. The van der Waals surface area contributed by atoms with Crippen molar-refractivity contribution >= 4 is 10.9 Å². The van der Waals surface area contributed by atoms with E-state index in [9.17, 15) is 13.2 Å². The van der Waals surface area contributed by atoms with E-state index in [0.29, 0.717) is 29.5 Å².